The Morgan fingerprint density at radius 1 is 1.16 bits per heavy atom. The number of amidine groups is 1. The van der Waals surface area contributed by atoms with Gasteiger partial charge in [0, 0.05) is 17.8 Å². The topological polar surface area (TPSA) is 83.5 Å². The first-order chi connectivity index (χ1) is 15.1. The highest BCUT2D eigenvalue weighted by Crippen LogP contribution is 2.33. The molecular formula is C22H24N4O4S. The highest BCUT2D eigenvalue weighted by Gasteiger charge is 2.41. The van der Waals surface area contributed by atoms with Crippen LogP contribution < -0.4 is 19.7 Å². The number of nitrogens with zero attached hydrogens (tertiary/aromatic N) is 3. The van der Waals surface area contributed by atoms with Gasteiger partial charge in [-0.05, 0) is 55.5 Å². The zero-order valence-electron chi connectivity index (χ0n) is 17.4. The van der Waals surface area contributed by atoms with Crippen LogP contribution in [-0.4, -0.2) is 54.2 Å². The Kier molecular flexibility index (Phi) is 6.31. The van der Waals surface area contributed by atoms with Crippen molar-refractivity contribution in [2.75, 3.05) is 37.3 Å². The minimum Gasteiger partial charge on any atom is -0.497 e. The molecule has 162 valence electrons. The molecule has 2 aliphatic rings. The van der Waals surface area contributed by atoms with Gasteiger partial charge in [0.05, 0.1) is 13.7 Å². The van der Waals surface area contributed by atoms with Gasteiger partial charge < -0.3 is 19.7 Å². The van der Waals surface area contributed by atoms with Gasteiger partial charge in [0.15, 0.2) is 5.17 Å². The number of hydrogen-bond donors (Lipinski definition) is 1. The van der Waals surface area contributed by atoms with E-state index in [4.69, 9.17) is 9.47 Å². The number of carbonyl (C=O) groups excluding carboxylic acids is 2. The number of aliphatic imine (C=N–C) groups is 1. The van der Waals surface area contributed by atoms with E-state index in [-0.39, 0.29) is 18.2 Å². The maximum Gasteiger partial charge on any atom is 0.244 e. The summed E-state index contributed by atoms with van der Waals surface area (Å²) in [4.78, 5) is 33.6. The SMILES string of the molecule is CCOc1ccc(NC(=O)C[C@@H]2SC3=NCN(c4ccc(OC)cc4)CN3C2=O)cc1. The zero-order chi connectivity index (χ0) is 21.8. The number of hydrogen-bond acceptors (Lipinski definition) is 7. The van der Waals surface area contributed by atoms with Crippen LogP contribution in [-0.2, 0) is 9.59 Å². The lowest BCUT2D eigenvalue weighted by Gasteiger charge is -2.32. The third-order valence-electron chi connectivity index (χ3n) is 4.97. The van der Waals surface area contributed by atoms with Crippen molar-refractivity contribution in [1.29, 1.82) is 0 Å². The van der Waals surface area contributed by atoms with Gasteiger partial charge in [-0.2, -0.15) is 0 Å². The van der Waals surface area contributed by atoms with Crippen LogP contribution in [0, 0.1) is 0 Å². The molecule has 2 aromatic rings. The summed E-state index contributed by atoms with van der Waals surface area (Å²) in [7, 11) is 1.62. The molecule has 0 aliphatic carbocycles. The van der Waals surface area contributed by atoms with Crippen LogP contribution in [0.5, 0.6) is 11.5 Å². The second-order valence-electron chi connectivity index (χ2n) is 7.04. The highest BCUT2D eigenvalue weighted by molar-refractivity contribution is 8.15. The lowest BCUT2D eigenvalue weighted by atomic mass is 10.2. The Morgan fingerprint density at radius 3 is 2.55 bits per heavy atom. The molecule has 2 heterocycles. The number of ether oxygens (including phenoxy) is 2. The second-order valence-corrected chi connectivity index (χ2v) is 8.21. The Bertz CT molecular complexity index is 978. The molecule has 31 heavy (non-hydrogen) atoms. The van der Waals surface area contributed by atoms with Crippen molar-refractivity contribution in [2.45, 2.75) is 18.6 Å². The summed E-state index contributed by atoms with van der Waals surface area (Å²) in [5, 5.41) is 3.04. The van der Waals surface area contributed by atoms with Gasteiger partial charge in [0.25, 0.3) is 0 Å². The van der Waals surface area contributed by atoms with Crippen molar-refractivity contribution in [2.24, 2.45) is 4.99 Å². The molecule has 1 saturated heterocycles. The van der Waals surface area contributed by atoms with Gasteiger partial charge in [-0.15, -0.1) is 0 Å². The number of rotatable bonds is 7. The summed E-state index contributed by atoms with van der Waals surface area (Å²) in [5.41, 5.74) is 1.63. The molecule has 2 amide bonds. The molecule has 0 aromatic heterocycles. The predicted molar refractivity (Wildman–Crippen MR) is 122 cm³/mol. The smallest absolute Gasteiger partial charge is 0.244 e. The average Bonchev–Trinajstić information content (AvgIpc) is 3.10. The number of amides is 2. The lowest BCUT2D eigenvalue weighted by molar-refractivity contribution is -0.128. The maximum absolute atomic E-state index is 12.9. The number of benzene rings is 2. The molecule has 0 radical (unpaired) electrons. The van der Waals surface area contributed by atoms with E-state index >= 15 is 0 Å². The van der Waals surface area contributed by atoms with E-state index in [1.165, 1.54) is 11.8 Å². The number of nitrogens with one attached hydrogen (secondary N) is 1. The molecule has 1 N–H and O–H groups in total. The number of fused-ring (bicyclic) bond motifs is 1. The van der Waals surface area contributed by atoms with E-state index in [0.29, 0.717) is 30.8 Å². The first-order valence-corrected chi connectivity index (χ1v) is 10.9. The van der Waals surface area contributed by atoms with Crippen molar-refractivity contribution in [1.82, 2.24) is 4.90 Å². The number of anilines is 2. The number of methoxy groups -OCH3 is 1. The first-order valence-electron chi connectivity index (χ1n) is 10.0. The molecule has 0 bridgehead atoms. The van der Waals surface area contributed by atoms with Crippen LogP contribution in [0.2, 0.25) is 0 Å². The molecule has 4 rings (SSSR count). The quantitative estimate of drug-likeness (QED) is 0.712. The molecule has 2 aromatic carbocycles. The van der Waals surface area contributed by atoms with Crippen molar-refractivity contribution in [3.05, 3.63) is 48.5 Å². The van der Waals surface area contributed by atoms with Crippen molar-refractivity contribution in [3.8, 4) is 11.5 Å². The summed E-state index contributed by atoms with van der Waals surface area (Å²) in [6.45, 7) is 3.38. The molecular weight excluding hydrogens is 416 g/mol. The van der Waals surface area contributed by atoms with E-state index in [0.717, 1.165) is 17.2 Å². The summed E-state index contributed by atoms with van der Waals surface area (Å²) in [6.07, 6.45) is 0.0920. The van der Waals surface area contributed by atoms with Gasteiger partial charge in [-0.25, -0.2) is 4.99 Å². The molecule has 9 heteroatoms. The molecule has 1 fully saturated rings. The van der Waals surface area contributed by atoms with Crippen LogP contribution in [0.25, 0.3) is 0 Å². The molecule has 0 saturated carbocycles. The van der Waals surface area contributed by atoms with E-state index in [2.05, 4.69) is 10.3 Å². The standard InChI is InChI=1S/C22H24N4O4S/c1-3-30-18-8-4-15(5-9-18)24-20(27)12-19-21(28)26-14-25(13-23-22(26)31-19)16-6-10-17(29-2)11-7-16/h4-11,19H,3,12-14H2,1-2H3,(H,24,27)/t19-/m0/s1. The summed E-state index contributed by atoms with van der Waals surface area (Å²) < 4.78 is 10.6. The number of carbonyl (C=O) groups is 2. The Hall–Kier alpha value is -3.20. The van der Waals surface area contributed by atoms with Crippen LogP contribution in [0.3, 0.4) is 0 Å². The van der Waals surface area contributed by atoms with E-state index in [9.17, 15) is 9.59 Å². The van der Waals surface area contributed by atoms with Crippen LogP contribution in [0.15, 0.2) is 53.5 Å². The third-order valence-corrected chi connectivity index (χ3v) is 6.18. The van der Waals surface area contributed by atoms with Crippen LogP contribution >= 0.6 is 11.8 Å². The first kappa shape index (κ1) is 21.0. The van der Waals surface area contributed by atoms with Crippen molar-refractivity contribution >= 4 is 40.1 Å². The van der Waals surface area contributed by atoms with Gasteiger partial charge >= 0.3 is 0 Å². The zero-order valence-corrected chi connectivity index (χ0v) is 18.2. The average molecular weight is 441 g/mol. The van der Waals surface area contributed by atoms with Crippen LogP contribution in [0.4, 0.5) is 11.4 Å². The minimum absolute atomic E-state index is 0.0920. The maximum atomic E-state index is 12.9. The van der Waals surface area contributed by atoms with E-state index in [1.54, 1.807) is 36.3 Å². The summed E-state index contributed by atoms with van der Waals surface area (Å²) in [6, 6.07) is 14.8. The monoisotopic (exact) mass is 440 g/mol. The van der Waals surface area contributed by atoms with E-state index in [1.807, 2.05) is 36.1 Å². The fraction of sp³-hybridized carbons (Fsp3) is 0.318. The molecule has 0 spiro atoms. The van der Waals surface area contributed by atoms with Crippen molar-refractivity contribution < 1.29 is 19.1 Å². The van der Waals surface area contributed by atoms with Gasteiger partial charge in [-0.1, -0.05) is 11.8 Å². The Morgan fingerprint density at radius 2 is 1.87 bits per heavy atom. The molecule has 0 unspecified atom stereocenters. The molecule has 8 nitrogen and oxygen atoms in total. The largest absolute Gasteiger partial charge is 0.497 e. The third kappa shape index (κ3) is 4.77. The number of thioether (sulfide) groups is 1. The second kappa shape index (κ2) is 9.30. The van der Waals surface area contributed by atoms with E-state index < -0.39 is 5.25 Å². The van der Waals surface area contributed by atoms with Crippen LogP contribution in [0.1, 0.15) is 13.3 Å². The van der Waals surface area contributed by atoms with Gasteiger partial charge in [-0.3, -0.25) is 14.5 Å². The summed E-state index contributed by atoms with van der Waals surface area (Å²) >= 11 is 1.35. The lowest BCUT2D eigenvalue weighted by Crippen LogP contribution is -2.46. The van der Waals surface area contributed by atoms with Crippen molar-refractivity contribution in [3.63, 3.8) is 0 Å². The Labute approximate surface area is 185 Å². The Balaban J connectivity index is 1.35. The normalized spacial score (nSPS) is 17.8. The summed E-state index contributed by atoms with van der Waals surface area (Å²) in [5.74, 6) is 1.22. The highest BCUT2D eigenvalue weighted by atomic mass is 32.2. The predicted octanol–water partition coefficient (Wildman–Crippen LogP) is 3.16. The molecule has 1 atom stereocenters. The fourth-order valence-corrected chi connectivity index (χ4v) is 4.51. The molecule has 2 aliphatic heterocycles. The van der Waals surface area contributed by atoms with Gasteiger partial charge in [0.2, 0.25) is 11.8 Å². The minimum atomic E-state index is -0.475. The van der Waals surface area contributed by atoms with Gasteiger partial charge in [0.1, 0.15) is 30.1 Å². The fourth-order valence-electron chi connectivity index (χ4n) is 3.39.